The van der Waals surface area contributed by atoms with Crippen LogP contribution < -0.4 is 0 Å². The number of fused-ring (bicyclic) bond motifs is 2. The van der Waals surface area contributed by atoms with Crippen molar-refractivity contribution in [3.8, 4) is 0 Å². The van der Waals surface area contributed by atoms with Crippen LogP contribution in [0.2, 0.25) is 0 Å². The molecule has 3 aliphatic carbocycles. The van der Waals surface area contributed by atoms with E-state index in [0.29, 0.717) is 23.5 Å². The second-order valence-corrected chi connectivity index (χ2v) is 8.77. The van der Waals surface area contributed by atoms with Gasteiger partial charge in [0.2, 0.25) is 0 Å². The minimum absolute atomic E-state index is 0. The van der Waals surface area contributed by atoms with Gasteiger partial charge in [0.25, 0.3) is 0 Å². The van der Waals surface area contributed by atoms with Crippen LogP contribution in [0.25, 0.3) is 0 Å². The predicted octanol–water partition coefficient (Wildman–Crippen LogP) is 3.70. The van der Waals surface area contributed by atoms with Crippen molar-refractivity contribution in [2.75, 3.05) is 0 Å². The van der Waals surface area contributed by atoms with Crippen molar-refractivity contribution in [3.05, 3.63) is 0 Å². The first-order valence-corrected chi connectivity index (χ1v) is 8.76. The van der Waals surface area contributed by atoms with Crippen LogP contribution >= 0.6 is 0 Å². The second-order valence-electron chi connectivity index (χ2n) is 8.77. The molecule has 0 aromatic heterocycles. The fourth-order valence-corrected chi connectivity index (χ4v) is 4.82. The number of carbonyl (C=O) groups is 1. The van der Waals surface area contributed by atoms with Crippen molar-refractivity contribution in [1.82, 2.24) is 0 Å². The summed E-state index contributed by atoms with van der Waals surface area (Å²) in [5.41, 5.74) is 0.320. The number of hydrogen-bond donors (Lipinski definition) is 0. The van der Waals surface area contributed by atoms with E-state index in [0.717, 1.165) is 25.2 Å². The molecule has 6 unspecified atom stereocenters. The zero-order chi connectivity index (χ0) is 14.8. The molecular weight excluding hydrogens is 315 g/mol. The predicted molar refractivity (Wildman–Crippen MR) is 79.7 cm³/mol. The van der Waals surface area contributed by atoms with Crippen molar-refractivity contribution in [3.63, 3.8) is 0 Å². The summed E-state index contributed by atoms with van der Waals surface area (Å²) in [5, 5.41) is 0. The number of carbonyl (C=O) groups excluding carboxylic acids is 1. The van der Waals surface area contributed by atoms with Gasteiger partial charge in [-0.15, -0.1) is 0 Å². The quantitative estimate of drug-likeness (QED) is 0.579. The average molecular weight is 343 g/mol. The van der Waals surface area contributed by atoms with Gasteiger partial charge < -0.3 is 9.47 Å². The van der Waals surface area contributed by atoms with Crippen molar-refractivity contribution < 1.29 is 32.8 Å². The number of ether oxygens (including phenoxy) is 2. The van der Waals surface area contributed by atoms with E-state index in [2.05, 4.69) is 20.8 Å². The summed E-state index contributed by atoms with van der Waals surface area (Å²) in [7, 11) is 0. The molecule has 0 N–H and O–H groups in total. The van der Waals surface area contributed by atoms with E-state index < -0.39 is 0 Å². The van der Waals surface area contributed by atoms with E-state index >= 15 is 0 Å². The van der Waals surface area contributed by atoms with Gasteiger partial charge in [0.15, 0.2) is 0 Å². The molecular formula is C18H28O3V. The molecule has 0 spiro atoms. The molecule has 1 aliphatic heterocycles. The summed E-state index contributed by atoms with van der Waals surface area (Å²) in [6.07, 6.45) is 8.82. The Bertz CT molecular complexity index is 463. The third kappa shape index (κ3) is 3.01. The SMILES string of the molecule is CC12CCC(C(C)(C)OC(=O)C3CCC4OC4C3)CC1C2.[V]. The van der Waals surface area contributed by atoms with E-state index in [1.165, 1.54) is 25.7 Å². The van der Waals surface area contributed by atoms with E-state index in [1.54, 1.807) is 0 Å². The fourth-order valence-electron chi connectivity index (χ4n) is 4.82. The molecule has 0 amide bonds. The van der Waals surface area contributed by atoms with Crippen LogP contribution in [0.3, 0.4) is 0 Å². The van der Waals surface area contributed by atoms with Gasteiger partial charge in [0.05, 0.1) is 18.1 Å². The molecule has 6 atom stereocenters. The third-order valence-corrected chi connectivity index (χ3v) is 6.86. The Balaban J connectivity index is 0.00000144. The van der Waals surface area contributed by atoms with Gasteiger partial charge in [-0.25, -0.2) is 0 Å². The molecule has 22 heavy (non-hydrogen) atoms. The number of esters is 1. The zero-order valence-electron chi connectivity index (χ0n) is 14.0. The Hall–Kier alpha value is 0.0144. The van der Waals surface area contributed by atoms with Crippen LogP contribution in [0.15, 0.2) is 0 Å². The van der Waals surface area contributed by atoms with E-state index in [9.17, 15) is 4.79 Å². The van der Waals surface area contributed by atoms with Gasteiger partial charge >= 0.3 is 5.97 Å². The third-order valence-electron chi connectivity index (χ3n) is 6.86. The van der Waals surface area contributed by atoms with Crippen LogP contribution in [-0.4, -0.2) is 23.8 Å². The molecule has 4 fully saturated rings. The maximum absolute atomic E-state index is 12.5. The first kappa shape index (κ1) is 16.9. The summed E-state index contributed by atoms with van der Waals surface area (Å²) in [4.78, 5) is 12.5. The molecule has 1 heterocycles. The summed E-state index contributed by atoms with van der Waals surface area (Å²) in [6, 6.07) is 0. The van der Waals surface area contributed by atoms with Crippen LogP contribution in [-0.2, 0) is 32.8 Å². The molecule has 1 saturated heterocycles. The van der Waals surface area contributed by atoms with Crippen molar-refractivity contribution in [2.24, 2.45) is 23.2 Å². The average Bonchev–Trinajstić information content (AvgIpc) is 3.30. The van der Waals surface area contributed by atoms with Crippen molar-refractivity contribution in [2.45, 2.75) is 83.5 Å². The molecule has 3 saturated carbocycles. The van der Waals surface area contributed by atoms with Gasteiger partial charge in [-0.1, -0.05) is 6.92 Å². The number of rotatable bonds is 3. The smallest absolute Gasteiger partial charge is 0.309 e. The largest absolute Gasteiger partial charge is 0.459 e. The van der Waals surface area contributed by atoms with Crippen LogP contribution in [0.4, 0.5) is 0 Å². The molecule has 123 valence electrons. The van der Waals surface area contributed by atoms with Crippen molar-refractivity contribution in [1.29, 1.82) is 0 Å². The first-order valence-electron chi connectivity index (χ1n) is 8.76. The van der Waals surface area contributed by atoms with Crippen LogP contribution in [0, 0.1) is 23.2 Å². The number of hydrogen-bond acceptors (Lipinski definition) is 3. The minimum Gasteiger partial charge on any atom is -0.459 e. The molecule has 1 radical (unpaired) electrons. The fraction of sp³-hybridized carbons (Fsp3) is 0.944. The maximum Gasteiger partial charge on any atom is 0.309 e. The molecule has 3 nitrogen and oxygen atoms in total. The van der Waals surface area contributed by atoms with Crippen LogP contribution in [0.5, 0.6) is 0 Å². The molecule has 4 rings (SSSR count). The Kier molecular flexibility index (Phi) is 4.24. The Morgan fingerprint density at radius 3 is 2.64 bits per heavy atom. The molecule has 0 aromatic carbocycles. The van der Waals surface area contributed by atoms with Gasteiger partial charge in [0, 0.05) is 18.6 Å². The molecule has 4 aliphatic rings. The Labute approximate surface area is 145 Å². The minimum atomic E-state index is -0.303. The summed E-state index contributed by atoms with van der Waals surface area (Å²) >= 11 is 0. The summed E-state index contributed by atoms with van der Waals surface area (Å²) in [6.45, 7) is 6.67. The molecule has 4 heteroatoms. The first-order chi connectivity index (χ1) is 9.87. The summed E-state index contributed by atoms with van der Waals surface area (Å²) in [5.74, 6) is 1.51. The molecule has 0 aromatic rings. The van der Waals surface area contributed by atoms with Gasteiger partial charge in [-0.2, -0.15) is 0 Å². The van der Waals surface area contributed by atoms with E-state index in [4.69, 9.17) is 9.47 Å². The van der Waals surface area contributed by atoms with Gasteiger partial charge in [0.1, 0.15) is 5.60 Å². The monoisotopic (exact) mass is 343 g/mol. The molecule has 0 bridgehead atoms. The van der Waals surface area contributed by atoms with Crippen LogP contribution in [0.1, 0.15) is 65.7 Å². The Morgan fingerprint density at radius 2 is 1.95 bits per heavy atom. The zero-order valence-corrected chi connectivity index (χ0v) is 15.4. The van der Waals surface area contributed by atoms with E-state index in [1.807, 2.05) is 0 Å². The standard InChI is InChI=1S/C18H28O3.V/c1-17(2,12-6-7-18(3)10-13(18)9-12)21-16(19)11-4-5-14-15(8-11)20-14;/h11-15H,4-10H2,1-3H3;. The normalized spacial score (nSPS) is 45.9. The number of epoxide rings is 1. The van der Waals surface area contributed by atoms with Crippen molar-refractivity contribution >= 4 is 5.97 Å². The topological polar surface area (TPSA) is 38.8 Å². The van der Waals surface area contributed by atoms with Gasteiger partial charge in [-0.3, -0.25) is 4.79 Å². The summed E-state index contributed by atoms with van der Waals surface area (Å²) < 4.78 is 11.5. The maximum atomic E-state index is 12.5. The Morgan fingerprint density at radius 1 is 1.18 bits per heavy atom. The second kappa shape index (κ2) is 5.53. The van der Waals surface area contributed by atoms with E-state index in [-0.39, 0.29) is 36.0 Å². The van der Waals surface area contributed by atoms with Gasteiger partial charge in [-0.05, 0) is 76.0 Å².